The number of nitrogens with zero attached hydrogens (tertiary/aromatic N) is 1. The number of nitrogens with one attached hydrogen (secondary N) is 2. The van der Waals surface area contributed by atoms with Crippen molar-refractivity contribution in [3.8, 4) is 0 Å². The number of benzene rings is 1. The molecule has 3 rings (SSSR count). The van der Waals surface area contributed by atoms with E-state index in [1.54, 1.807) is 0 Å². The highest BCUT2D eigenvalue weighted by molar-refractivity contribution is 6.30. The lowest BCUT2D eigenvalue weighted by molar-refractivity contribution is -0.138. The Morgan fingerprint density at radius 2 is 1.91 bits per heavy atom. The zero-order chi connectivity index (χ0) is 23.8. The predicted molar refractivity (Wildman–Crippen MR) is 132 cm³/mol. The highest BCUT2D eigenvalue weighted by Crippen LogP contribution is 2.38. The molecule has 2 N–H and O–H groups in total. The lowest BCUT2D eigenvalue weighted by Gasteiger charge is -2.41. The van der Waals surface area contributed by atoms with Gasteiger partial charge in [0.1, 0.15) is 6.04 Å². The Balaban J connectivity index is 1.71. The zero-order valence-electron chi connectivity index (χ0n) is 20.4. The standard InChI is InChI=1S/C26H40ClN3O3/c1-19(2)15-23-24(31)28-20(3)18-33-14-5-4-9-26(25(32)29-23)10-12-30(13-11-26)17-21-7-6-8-22(27)16-21/h6-8,16,19-20,23H,4-5,9-15,17-18H2,1-3H3,(H,28,31)(H,29,32)/t20-,23+/m1/s1. The first-order valence-corrected chi connectivity index (χ1v) is 12.8. The van der Waals surface area contributed by atoms with Crippen LogP contribution in [0.4, 0.5) is 0 Å². The van der Waals surface area contributed by atoms with Crippen LogP contribution in [-0.2, 0) is 20.9 Å². The van der Waals surface area contributed by atoms with Gasteiger partial charge in [0.15, 0.2) is 0 Å². The molecule has 2 atom stereocenters. The topological polar surface area (TPSA) is 70.7 Å². The van der Waals surface area contributed by atoms with Crippen molar-refractivity contribution in [2.24, 2.45) is 11.3 Å². The number of rotatable bonds is 4. The van der Waals surface area contributed by atoms with Gasteiger partial charge in [-0.3, -0.25) is 14.5 Å². The van der Waals surface area contributed by atoms with E-state index in [9.17, 15) is 9.59 Å². The fourth-order valence-electron chi connectivity index (χ4n) is 4.95. The third kappa shape index (κ3) is 7.69. The predicted octanol–water partition coefficient (Wildman–Crippen LogP) is 4.16. The molecule has 2 saturated heterocycles. The van der Waals surface area contributed by atoms with E-state index in [1.807, 2.05) is 25.1 Å². The first kappa shape index (κ1) is 26.0. The molecule has 2 fully saturated rings. The maximum atomic E-state index is 13.7. The molecule has 2 amide bonds. The van der Waals surface area contributed by atoms with Crippen LogP contribution in [0.1, 0.15) is 64.9 Å². The molecule has 1 aromatic rings. The average molecular weight is 478 g/mol. The average Bonchev–Trinajstić information content (AvgIpc) is 2.76. The largest absolute Gasteiger partial charge is 0.379 e. The Morgan fingerprint density at radius 1 is 1.15 bits per heavy atom. The van der Waals surface area contributed by atoms with Gasteiger partial charge in [0.2, 0.25) is 11.8 Å². The van der Waals surface area contributed by atoms with Crippen LogP contribution in [0.5, 0.6) is 0 Å². The maximum Gasteiger partial charge on any atom is 0.242 e. The summed E-state index contributed by atoms with van der Waals surface area (Å²) < 4.78 is 5.78. The van der Waals surface area contributed by atoms with Gasteiger partial charge in [-0.05, 0) is 75.7 Å². The van der Waals surface area contributed by atoms with Crippen molar-refractivity contribution >= 4 is 23.4 Å². The van der Waals surface area contributed by atoms with Crippen LogP contribution >= 0.6 is 11.6 Å². The molecule has 7 heteroatoms. The molecule has 0 radical (unpaired) electrons. The molecule has 2 aliphatic heterocycles. The quantitative estimate of drug-likeness (QED) is 0.683. The number of carbonyl (C=O) groups excluding carboxylic acids is 2. The summed E-state index contributed by atoms with van der Waals surface area (Å²) in [5.41, 5.74) is 0.762. The lowest BCUT2D eigenvalue weighted by Crippen LogP contribution is -2.55. The van der Waals surface area contributed by atoms with E-state index in [-0.39, 0.29) is 17.9 Å². The Hall–Kier alpha value is -1.63. The van der Waals surface area contributed by atoms with E-state index in [1.165, 1.54) is 5.56 Å². The van der Waals surface area contributed by atoms with Gasteiger partial charge >= 0.3 is 0 Å². The third-order valence-electron chi connectivity index (χ3n) is 6.87. The minimum Gasteiger partial charge on any atom is -0.379 e. The number of hydrogen-bond donors (Lipinski definition) is 2. The van der Waals surface area contributed by atoms with Crippen molar-refractivity contribution < 1.29 is 14.3 Å². The molecule has 0 aliphatic carbocycles. The second-order valence-electron chi connectivity index (χ2n) is 10.3. The maximum absolute atomic E-state index is 13.7. The normalized spacial score (nSPS) is 25.6. The van der Waals surface area contributed by atoms with E-state index in [2.05, 4.69) is 35.4 Å². The molecule has 0 aromatic heterocycles. The molecule has 0 unspecified atom stereocenters. The van der Waals surface area contributed by atoms with E-state index in [4.69, 9.17) is 16.3 Å². The van der Waals surface area contributed by atoms with Gasteiger partial charge in [-0.25, -0.2) is 0 Å². The fraction of sp³-hybridized carbons (Fsp3) is 0.692. The number of carbonyl (C=O) groups is 2. The Bertz CT molecular complexity index is 793. The number of piperidine rings is 1. The second kappa shape index (κ2) is 12.2. The Morgan fingerprint density at radius 3 is 2.61 bits per heavy atom. The SMILES string of the molecule is CC(C)C[C@@H]1NC(=O)C2(CCCCOC[C@@H](C)NC1=O)CCN(Cc1cccc(Cl)c1)CC2. The van der Waals surface area contributed by atoms with Crippen molar-refractivity contribution in [2.45, 2.75) is 77.9 Å². The molecule has 33 heavy (non-hydrogen) atoms. The van der Waals surface area contributed by atoms with Gasteiger partial charge in [-0.15, -0.1) is 0 Å². The molecule has 6 nitrogen and oxygen atoms in total. The van der Waals surface area contributed by atoms with Crippen LogP contribution in [0.25, 0.3) is 0 Å². The number of amides is 2. The monoisotopic (exact) mass is 477 g/mol. The minimum atomic E-state index is -0.512. The molecule has 2 aliphatic rings. The number of hydrogen-bond acceptors (Lipinski definition) is 4. The number of halogens is 1. The van der Waals surface area contributed by atoms with Gasteiger partial charge in [0, 0.05) is 24.2 Å². The van der Waals surface area contributed by atoms with Gasteiger partial charge < -0.3 is 15.4 Å². The Labute approximate surface area is 203 Å². The zero-order valence-corrected chi connectivity index (χ0v) is 21.1. The summed E-state index contributed by atoms with van der Waals surface area (Å²) >= 11 is 6.15. The van der Waals surface area contributed by atoms with Crippen LogP contribution in [0.3, 0.4) is 0 Å². The smallest absolute Gasteiger partial charge is 0.242 e. The van der Waals surface area contributed by atoms with Crippen LogP contribution in [0.15, 0.2) is 24.3 Å². The molecule has 184 valence electrons. The number of likely N-dealkylation sites (tertiary alicyclic amines) is 1. The molecular weight excluding hydrogens is 438 g/mol. The number of ether oxygens (including phenoxy) is 1. The van der Waals surface area contributed by atoms with Crippen LogP contribution in [0, 0.1) is 11.3 Å². The van der Waals surface area contributed by atoms with E-state index >= 15 is 0 Å². The molecule has 2 heterocycles. The molecular formula is C26H40ClN3O3. The van der Waals surface area contributed by atoms with Gasteiger partial charge in [-0.2, -0.15) is 0 Å². The summed E-state index contributed by atoms with van der Waals surface area (Å²) in [5, 5.41) is 6.94. The summed E-state index contributed by atoms with van der Waals surface area (Å²) in [4.78, 5) is 29.0. The highest BCUT2D eigenvalue weighted by Gasteiger charge is 2.42. The summed E-state index contributed by atoms with van der Waals surface area (Å²) in [6, 6.07) is 7.39. The molecule has 0 saturated carbocycles. The van der Waals surface area contributed by atoms with Crippen molar-refractivity contribution in [3.63, 3.8) is 0 Å². The first-order valence-electron chi connectivity index (χ1n) is 12.4. The van der Waals surface area contributed by atoms with Crippen molar-refractivity contribution in [1.82, 2.24) is 15.5 Å². The summed E-state index contributed by atoms with van der Waals surface area (Å²) in [5.74, 6) is 0.234. The van der Waals surface area contributed by atoms with E-state index in [0.29, 0.717) is 25.6 Å². The minimum absolute atomic E-state index is 0.0403. The second-order valence-corrected chi connectivity index (χ2v) is 10.7. The van der Waals surface area contributed by atoms with Crippen LogP contribution in [-0.4, -0.2) is 55.1 Å². The highest BCUT2D eigenvalue weighted by atomic mass is 35.5. The van der Waals surface area contributed by atoms with E-state index < -0.39 is 11.5 Å². The summed E-state index contributed by atoms with van der Waals surface area (Å²) in [6.45, 7) is 9.81. The summed E-state index contributed by atoms with van der Waals surface area (Å²) in [6.07, 6.45) is 4.93. The molecule has 1 aromatic carbocycles. The van der Waals surface area contributed by atoms with Gasteiger partial charge in [0.05, 0.1) is 12.0 Å². The fourth-order valence-corrected chi connectivity index (χ4v) is 5.16. The van der Waals surface area contributed by atoms with Crippen LogP contribution < -0.4 is 10.6 Å². The van der Waals surface area contributed by atoms with Crippen molar-refractivity contribution in [2.75, 3.05) is 26.3 Å². The van der Waals surface area contributed by atoms with Gasteiger partial charge in [-0.1, -0.05) is 44.0 Å². The van der Waals surface area contributed by atoms with Crippen molar-refractivity contribution in [1.29, 1.82) is 0 Å². The van der Waals surface area contributed by atoms with Gasteiger partial charge in [0.25, 0.3) is 0 Å². The van der Waals surface area contributed by atoms with E-state index in [0.717, 1.165) is 56.8 Å². The lowest BCUT2D eigenvalue weighted by atomic mass is 9.73. The van der Waals surface area contributed by atoms with Crippen LogP contribution in [0.2, 0.25) is 5.02 Å². The Kier molecular flexibility index (Phi) is 9.59. The third-order valence-corrected chi connectivity index (χ3v) is 7.10. The first-order chi connectivity index (χ1) is 15.8. The molecule has 0 bridgehead atoms. The molecule has 1 spiro atoms. The van der Waals surface area contributed by atoms with Crippen molar-refractivity contribution in [3.05, 3.63) is 34.9 Å². The summed E-state index contributed by atoms with van der Waals surface area (Å²) in [7, 11) is 0.